The third-order valence-corrected chi connectivity index (χ3v) is 6.34. The second-order valence-corrected chi connectivity index (χ2v) is 8.53. The first kappa shape index (κ1) is 20.4. The van der Waals surface area contributed by atoms with Crippen LogP contribution in [0.2, 0.25) is 0 Å². The Morgan fingerprint density at radius 2 is 1.91 bits per heavy atom. The molecule has 3 heterocycles. The first-order chi connectivity index (χ1) is 15.6. The number of carbonyl (C=O) groups is 1. The van der Waals surface area contributed by atoms with Crippen molar-refractivity contribution in [3.05, 3.63) is 94.6 Å². The van der Waals surface area contributed by atoms with Crippen LogP contribution in [0.25, 0.3) is 12.2 Å². The molecule has 5 rings (SSSR count). The summed E-state index contributed by atoms with van der Waals surface area (Å²) in [5.41, 5.74) is 6.76. The van der Waals surface area contributed by atoms with Crippen molar-refractivity contribution in [2.45, 2.75) is 19.4 Å². The fourth-order valence-corrected chi connectivity index (χ4v) is 4.71. The summed E-state index contributed by atoms with van der Waals surface area (Å²) >= 11 is 0. The van der Waals surface area contributed by atoms with E-state index in [1.807, 2.05) is 23.2 Å². The normalized spacial score (nSPS) is 18.0. The number of pyridine rings is 2. The van der Waals surface area contributed by atoms with Gasteiger partial charge in [0, 0.05) is 48.7 Å². The molecule has 2 aliphatic rings. The van der Waals surface area contributed by atoms with Crippen molar-refractivity contribution in [3.8, 4) is 0 Å². The summed E-state index contributed by atoms with van der Waals surface area (Å²) in [7, 11) is 0. The van der Waals surface area contributed by atoms with E-state index in [0.29, 0.717) is 19.5 Å². The van der Waals surface area contributed by atoms with Crippen molar-refractivity contribution in [1.82, 2.24) is 14.8 Å². The quantitative estimate of drug-likeness (QED) is 0.516. The minimum Gasteiger partial charge on any atom is -0.340 e. The van der Waals surface area contributed by atoms with Gasteiger partial charge < -0.3 is 4.90 Å². The van der Waals surface area contributed by atoms with Crippen LogP contribution in [0.15, 0.2) is 61.1 Å². The number of nitrogens with zero attached hydrogens (tertiary/aromatic N) is 4. The van der Waals surface area contributed by atoms with Gasteiger partial charge in [0.2, 0.25) is 18.3 Å². The molecule has 1 fully saturated rings. The van der Waals surface area contributed by atoms with Crippen LogP contribution in [-0.2, 0) is 11.2 Å². The van der Waals surface area contributed by atoms with Gasteiger partial charge in [0.15, 0.2) is 0 Å². The number of benzene rings is 1. The Morgan fingerprint density at radius 1 is 1.09 bits per heavy atom. The van der Waals surface area contributed by atoms with Crippen molar-refractivity contribution >= 4 is 18.1 Å². The van der Waals surface area contributed by atoms with Crippen molar-refractivity contribution in [3.63, 3.8) is 0 Å². The molecule has 1 aliphatic carbocycles. The van der Waals surface area contributed by atoms with E-state index in [-0.39, 0.29) is 11.9 Å². The molecule has 1 amide bonds. The molecule has 0 spiro atoms. The Morgan fingerprint density at radius 3 is 2.72 bits per heavy atom. The predicted octanol–water partition coefficient (Wildman–Crippen LogP) is 2.87. The van der Waals surface area contributed by atoms with Gasteiger partial charge in [0.1, 0.15) is 0 Å². The average molecular weight is 428 g/mol. The zero-order valence-corrected chi connectivity index (χ0v) is 18.2. The second kappa shape index (κ2) is 8.55. The van der Waals surface area contributed by atoms with E-state index >= 15 is 0 Å². The number of hydrogen-bond acceptors (Lipinski definition) is 4. The molecule has 162 valence electrons. The lowest BCUT2D eigenvalue weighted by molar-refractivity contribution is -0.905. The van der Waals surface area contributed by atoms with Gasteiger partial charge >= 0.3 is 0 Å². The number of aryl methyl sites for hydroxylation is 1. The van der Waals surface area contributed by atoms with Crippen molar-refractivity contribution in [1.29, 1.82) is 0 Å². The number of aromatic nitrogens is 2. The second-order valence-electron chi connectivity index (χ2n) is 8.53. The summed E-state index contributed by atoms with van der Waals surface area (Å²) in [6, 6.07) is 14.4. The molecular formula is C26H27N4O2+. The summed E-state index contributed by atoms with van der Waals surface area (Å²) in [4.78, 5) is 22.0. The van der Waals surface area contributed by atoms with Crippen LogP contribution in [-0.4, -0.2) is 52.1 Å². The summed E-state index contributed by atoms with van der Waals surface area (Å²) in [5.74, 6) is 0.0907. The fraction of sp³-hybridized carbons (Fsp3) is 0.269. The largest absolute Gasteiger partial charge is 0.340 e. The van der Waals surface area contributed by atoms with E-state index < -0.39 is 0 Å². The molecule has 1 N–H and O–H groups in total. The molecule has 1 saturated heterocycles. The highest BCUT2D eigenvalue weighted by atomic mass is 16.5. The molecule has 0 radical (unpaired) electrons. The van der Waals surface area contributed by atoms with E-state index in [4.69, 9.17) is 4.98 Å². The van der Waals surface area contributed by atoms with Gasteiger partial charge in [-0.1, -0.05) is 42.0 Å². The number of piperazine rings is 1. The number of carbonyl (C=O) groups excluding carboxylic acids is 1. The Bertz CT molecular complexity index is 1180. The molecule has 32 heavy (non-hydrogen) atoms. The Labute approximate surface area is 188 Å². The summed E-state index contributed by atoms with van der Waals surface area (Å²) in [6.07, 6.45) is 9.63. The van der Waals surface area contributed by atoms with Gasteiger partial charge in [-0.05, 0) is 35.7 Å². The number of amides is 1. The number of rotatable bonds is 3. The molecule has 6 nitrogen and oxygen atoms in total. The maximum Gasteiger partial charge on any atom is 0.227 e. The van der Waals surface area contributed by atoms with Crippen molar-refractivity contribution < 1.29 is 14.7 Å². The Hall–Kier alpha value is -3.51. The van der Waals surface area contributed by atoms with Crippen LogP contribution < -0.4 is 4.73 Å². The molecule has 1 aromatic carbocycles. The lowest BCUT2D eigenvalue weighted by atomic mass is 9.94. The summed E-state index contributed by atoms with van der Waals surface area (Å²) < 4.78 is 0.990. The minimum absolute atomic E-state index is 0.0662. The van der Waals surface area contributed by atoms with E-state index in [1.54, 1.807) is 18.5 Å². The highest BCUT2D eigenvalue weighted by Gasteiger charge is 2.32. The molecule has 0 bridgehead atoms. The molecular weight excluding hydrogens is 400 g/mol. The summed E-state index contributed by atoms with van der Waals surface area (Å²) in [5, 5.41) is 9.59. The van der Waals surface area contributed by atoms with E-state index in [9.17, 15) is 10.0 Å². The van der Waals surface area contributed by atoms with Gasteiger partial charge in [-0.15, -0.1) is 0 Å². The number of fused-ring (bicyclic) bond motifs is 2. The van der Waals surface area contributed by atoms with Crippen LogP contribution in [0.1, 0.15) is 39.6 Å². The third kappa shape index (κ3) is 4.01. The zero-order valence-electron chi connectivity index (χ0n) is 18.2. The molecule has 1 unspecified atom stereocenters. The predicted molar refractivity (Wildman–Crippen MR) is 122 cm³/mol. The SMILES string of the molecule is Cc1ccc2c(c1)C=Cc1cccnc1C2N1CCN(C(=O)Cc2ccc[n+](O)c2)CC1. The van der Waals surface area contributed by atoms with Crippen LogP contribution in [0, 0.1) is 6.92 Å². The third-order valence-electron chi connectivity index (χ3n) is 6.34. The molecule has 2 aromatic heterocycles. The molecule has 1 atom stereocenters. The maximum absolute atomic E-state index is 12.8. The van der Waals surface area contributed by atoms with Gasteiger partial charge in [-0.3, -0.25) is 19.9 Å². The van der Waals surface area contributed by atoms with Crippen LogP contribution in [0.3, 0.4) is 0 Å². The maximum atomic E-state index is 12.8. The summed E-state index contributed by atoms with van der Waals surface area (Å²) in [6.45, 7) is 5.05. The molecule has 3 aromatic rings. The Kier molecular flexibility index (Phi) is 5.45. The van der Waals surface area contributed by atoms with Gasteiger partial charge in [-0.2, -0.15) is 0 Å². The van der Waals surface area contributed by atoms with E-state index in [0.717, 1.165) is 34.6 Å². The fourth-order valence-electron chi connectivity index (χ4n) is 4.71. The molecule has 1 aliphatic heterocycles. The van der Waals surface area contributed by atoms with Crippen molar-refractivity contribution in [2.75, 3.05) is 26.2 Å². The molecule has 6 heteroatoms. The average Bonchev–Trinajstić information content (AvgIpc) is 2.96. The van der Waals surface area contributed by atoms with Crippen LogP contribution in [0.5, 0.6) is 0 Å². The number of hydrogen-bond donors (Lipinski definition) is 1. The monoisotopic (exact) mass is 427 g/mol. The van der Waals surface area contributed by atoms with E-state index in [2.05, 4.69) is 48.2 Å². The van der Waals surface area contributed by atoms with Gasteiger partial charge in [0.25, 0.3) is 0 Å². The first-order valence-electron chi connectivity index (χ1n) is 11.0. The van der Waals surface area contributed by atoms with Crippen LogP contribution in [0.4, 0.5) is 0 Å². The van der Waals surface area contributed by atoms with Crippen molar-refractivity contribution in [2.24, 2.45) is 0 Å². The highest BCUT2D eigenvalue weighted by Crippen LogP contribution is 2.36. The van der Waals surface area contributed by atoms with E-state index in [1.165, 1.54) is 16.7 Å². The topological polar surface area (TPSA) is 60.6 Å². The minimum atomic E-state index is 0.0662. The lowest BCUT2D eigenvalue weighted by Crippen LogP contribution is -2.50. The Balaban J connectivity index is 1.36. The smallest absolute Gasteiger partial charge is 0.227 e. The first-order valence-corrected chi connectivity index (χ1v) is 11.0. The van der Waals surface area contributed by atoms with Gasteiger partial charge in [-0.25, -0.2) is 0 Å². The van der Waals surface area contributed by atoms with Crippen LogP contribution >= 0.6 is 0 Å². The zero-order chi connectivity index (χ0) is 22.1. The standard InChI is InChI=1S/C26H27N4O2/c1-19-6-9-23-22(16-19)8-7-21-5-2-10-27-25(21)26(23)29-14-12-28(13-15-29)24(31)17-20-4-3-11-30(32)18-20/h2-11,16,18,26,32H,12-15,17H2,1H3/q+1. The highest BCUT2D eigenvalue weighted by molar-refractivity contribution is 5.79. The van der Waals surface area contributed by atoms with Gasteiger partial charge in [0.05, 0.1) is 18.2 Å². The molecule has 0 saturated carbocycles. The lowest BCUT2D eigenvalue weighted by Gasteiger charge is -2.39.